The summed E-state index contributed by atoms with van der Waals surface area (Å²) in [6, 6.07) is 9.67. The van der Waals surface area contributed by atoms with Crippen LogP contribution in [0.15, 0.2) is 30.3 Å². The van der Waals surface area contributed by atoms with Gasteiger partial charge in [0.1, 0.15) is 5.52 Å². The van der Waals surface area contributed by atoms with Gasteiger partial charge < -0.3 is 15.6 Å². The van der Waals surface area contributed by atoms with Gasteiger partial charge in [-0.1, -0.05) is 30.3 Å². The second-order valence-electron chi connectivity index (χ2n) is 6.31. The summed E-state index contributed by atoms with van der Waals surface area (Å²) in [6.07, 6.45) is 1.81. The van der Waals surface area contributed by atoms with Crippen molar-refractivity contribution in [2.75, 3.05) is 12.3 Å². The number of ether oxygens (including phenoxy) is 1. The lowest BCUT2D eigenvalue weighted by atomic mass is 10.1. The Balaban J connectivity index is 2.29. The third-order valence-corrected chi connectivity index (χ3v) is 4.49. The number of hydrogen-bond acceptors (Lipinski definition) is 6. The van der Waals surface area contributed by atoms with Crippen LogP contribution < -0.4 is 10.5 Å². The fraction of sp³-hybridized carbons (Fsp3) is 0.200. The number of aryl methyl sites for hydroxylation is 1. The lowest BCUT2D eigenvalue weighted by Crippen LogP contribution is -2.16. The van der Waals surface area contributed by atoms with Crippen molar-refractivity contribution in [3.63, 3.8) is 0 Å². The number of aliphatic carboxylic acids is 1. The molecule has 143 valence electrons. The molecule has 0 saturated heterocycles. The van der Waals surface area contributed by atoms with E-state index in [4.69, 9.17) is 15.6 Å². The highest BCUT2D eigenvalue weighted by atomic mass is 16.5. The van der Waals surface area contributed by atoms with Crippen LogP contribution in [0.5, 0.6) is 5.75 Å². The van der Waals surface area contributed by atoms with Crippen LogP contribution in [-0.2, 0) is 16.0 Å². The number of nitrogen functional groups attached to an aromatic ring is 1. The van der Waals surface area contributed by atoms with Gasteiger partial charge in [-0.2, -0.15) is 5.10 Å². The maximum Gasteiger partial charge on any atom is 0.341 e. The molecular weight excluding hydrogens is 362 g/mol. The second kappa shape index (κ2) is 7.51. The molecule has 0 saturated carbocycles. The number of benzene rings is 1. The van der Waals surface area contributed by atoms with Gasteiger partial charge in [0.2, 0.25) is 5.78 Å². The van der Waals surface area contributed by atoms with E-state index in [9.17, 15) is 14.4 Å². The van der Waals surface area contributed by atoms with E-state index in [2.05, 4.69) is 5.10 Å². The van der Waals surface area contributed by atoms with Crippen molar-refractivity contribution < 1.29 is 24.2 Å². The third-order valence-electron chi connectivity index (χ3n) is 4.49. The van der Waals surface area contributed by atoms with Crippen molar-refractivity contribution in [1.82, 2.24) is 9.61 Å². The van der Waals surface area contributed by atoms with E-state index in [1.807, 2.05) is 37.3 Å². The van der Waals surface area contributed by atoms with Crippen molar-refractivity contribution in [1.29, 1.82) is 0 Å². The topological polar surface area (TPSA) is 124 Å². The molecule has 0 aliphatic heterocycles. The standard InChI is InChI=1S/C20H18N3O5/c1-11-14(8-13-6-4-3-5-7-13)23-19(18(11)21)20(28-10-16(26)27)17(12(2)22-23)15(25)9-24/h3-7H,8,10,21H2,1-2H3,(H,26,27). The zero-order chi connectivity index (χ0) is 20.4. The number of hydrogen-bond donors (Lipinski definition) is 2. The molecule has 1 aromatic carbocycles. The van der Waals surface area contributed by atoms with Gasteiger partial charge >= 0.3 is 5.97 Å². The first kappa shape index (κ1) is 19.1. The number of nitrogens with two attached hydrogens (primary N) is 1. The second-order valence-corrected chi connectivity index (χ2v) is 6.31. The van der Waals surface area contributed by atoms with Gasteiger partial charge in [0.25, 0.3) is 6.29 Å². The molecule has 0 bridgehead atoms. The van der Waals surface area contributed by atoms with Gasteiger partial charge in [-0.15, -0.1) is 0 Å². The summed E-state index contributed by atoms with van der Waals surface area (Å²) in [7, 11) is 0. The number of anilines is 1. The zero-order valence-electron chi connectivity index (χ0n) is 15.4. The molecule has 0 spiro atoms. The van der Waals surface area contributed by atoms with E-state index in [0.29, 0.717) is 12.1 Å². The summed E-state index contributed by atoms with van der Waals surface area (Å²) in [5, 5.41) is 13.4. The summed E-state index contributed by atoms with van der Waals surface area (Å²) in [4.78, 5) is 34.1. The summed E-state index contributed by atoms with van der Waals surface area (Å²) >= 11 is 0. The minimum absolute atomic E-state index is 0.0804. The van der Waals surface area contributed by atoms with Crippen molar-refractivity contribution in [2.45, 2.75) is 20.3 Å². The average molecular weight is 380 g/mol. The molecule has 3 N–H and O–H groups in total. The van der Waals surface area contributed by atoms with E-state index < -0.39 is 18.4 Å². The van der Waals surface area contributed by atoms with Crippen LogP contribution in [0.1, 0.15) is 32.9 Å². The lowest BCUT2D eigenvalue weighted by molar-refractivity contribution is -0.139. The molecule has 0 aliphatic carbocycles. The molecule has 0 fully saturated rings. The van der Waals surface area contributed by atoms with Crippen LogP contribution in [0.25, 0.3) is 5.52 Å². The Morgan fingerprint density at radius 2 is 1.93 bits per heavy atom. The van der Waals surface area contributed by atoms with E-state index in [0.717, 1.165) is 16.8 Å². The predicted octanol–water partition coefficient (Wildman–Crippen LogP) is 1.88. The summed E-state index contributed by atoms with van der Waals surface area (Å²) < 4.78 is 6.92. The summed E-state index contributed by atoms with van der Waals surface area (Å²) in [5.74, 6) is -2.29. The van der Waals surface area contributed by atoms with Crippen molar-refractivity contribution >= 4 is 29.2 Å². The molecule has 2 aromatic heterocycles. The van der Waals surface area contributed by atoms with Crippen LogP contribution >= 0.6 is 0 Å². The first-order valence-corrected chi connectivity index (χ1v) is 8.46. The largest absolute Gasteiger partial charge is 0.479 e. The summed E-state index contributed by atoms with van der Waals surface area (Å²) in [5.41, 5.74) is 9.43. The van der Waals surface area contributed by atoms with Gasteiger partial charge in [0, 0.05) is 6.42 Å². The Morgan fingerprint density at radius 1 is 1.25 bits per heavy atom. The summed E-state index contributed by atoms with van der Waals surface area (Å²) in [6.45, 7) is 2.65. The minimum Gasteiger partial charge on any atom is -0.479 e. The maximum absolute atomic E-state index is 12.1. The molecule has 0 atom stereocenters. The SMILES string of the molecule is Cc1nn2c(Cc3ccccc3)c(C)c(N)c2c(OCC(=O)O)c1C(=O)[C]=O. The lowest BCUT2D eigenvalue weighted by Gasteiger charge is -2.13. The number of aromatic nitrogens is 2. The molecule has 1 radical (unpaired) electrons. The number of carboxylic acid groups (broad SMARTS) is 1. The van der Waals surface area contributed by atoms with E-state index in [-0.39, 0.29) is 22.5 Å². The number of carbonyl (C=O) groups excluding carboxylic acids is 2. The molecule has 2 heterocycles. The third kappa shape index (κ3) is 3.32. The first-order chi connectivity index (χ1) is 13.3. The molecule has 3 aromatic rings. The Bertz CT molecular complexity index is 1090. The number of rotatable bonds is 7. The number of nitrogens with zero attached hydrogens (tertiary/aromatic N) is 2. The Labute approximate surface area is 160 Å². The molecule has 0 amide bonds. The van der Waals surface area contributed by atoms with Gasteiger partial charge in [0.15, 0.2) is 12.4 Å². The number of carboxylic acids is 1. The first-order valence-electron chi connectivity index (χ1n) is 8.46. The quantitative estimate of drug-likeness (QED) is 0.474. The van der Waals surface area contributed by atoms with Gasteiger partial charge in [-0.25, -0.2) is 9.31 Å². The van der Waals surface area contributed by atoms with Crippen molar-refractivity contribution in [2.24, 2.45) is 0 Å². The predicted molar refractivity (Wildman–Crippen MR) is 101 cm³/mol. The van der Waals surface area contributed by atoms with Crippen LogP contribution in [0.4, 0.5) is 5.69 Å². The van der Waals surface area contributed by atoms with Crippen molar-refractivity contribution in [3.05, 3.63) is 58.4 Å². The highest BCUT2D eigenvalue weighted by Crippen LogP contribution is 2.36. The maximum atomic E-state index is 12.1. The van der Waals surface area contributed by atoms with E-state index in [1.165, 1.54) is 13.2 Å². The number of ketones is 1. The van der Waals surface area contributed by atoms with Crippen LogP contribution in [0.3, 0.4) is 0 Å². The van der Waals surface area contributed by atoms with Gasteiger partial charge in [-0.3, -0.25) is 9.59 Å². The van der Waals surface area contributed by atoms with Gasteiger partial charge in [0.05, 0.1) is 22.6 Å². The van der Waals surface area contributed by atoms with E-state index in [1.54, 1.807) is 4.52 Å². The van der Waals surface area contributed by atoms with Gasteiger partial charge in [-0.05, 0) is 25.0 Å². The zero-order valence-corrected chi connectivity index (χ0v) is 15.4. The molecule has 8 nitrogen and oxygen atoms in total. The normalized spacial score (nSPS) is 10.8. The Hall–Kier alpha value is -3.68. The molecule has 8 heteroatoms. The average Bonchev–Trinajstić information content (AvgIpc) is 2.90. The van der Waals surface area contributed by atoms with Crippen LogP contribution in [0.2, 0.25) is 0 Å². The van der Waals surface area contributed by atoms with Crippen LogP contribution in [-0.4, -0.2) is 39.4 Å². The van der Waals surface area contributed by atoms with Crippen LogP contribution in [0, 0.1) is 13.8 Å². The van der Waals surface area contributed by atoms with Crippen molar-refractivity contribution in [3.8, 4) is 5.75 Å². The molecular formula is C20H18N3O5. The molecule has 3 rings (SSSR count). The highest BCUT2D eigenvalue weighted by Gasteiger charge is 2.26. The smallest absolute Gasteiger partial charge is 0.341 e. The fourth-order valence-corrected chi connectivity index (χ4v) is 3.14. The number of carbonyl (C=O) groups is 2. The van der Waals surface area contributed by atoms with E-state index >= 15 is 0 Å². The molecule has 0 aliphatic rings. The molecule has 28 heavy (non-hydrogen) atoms. The fourth-order valence-electron chi connectivity index (χ4n) is 3.14. The number of Topliss-reactive ketones (excluding diaryl/α,β-unsaturated/α-hetero) is 1. The monoisotopic (exact) mass is 380 g/mol. The number of fused-ring (bicyclic) bond motifs is 1. The highest BCUT2D eigenvalue weighted by molar-refractivity contribution is 6.35. The molecule has 0 unspecified atom stereocenters. The Kier molecular flexibility index (Phi) is 5.12. The minimum atomic E-state index is -1.23. The Morgan fingerprint density at radius 3 is 2.54 bits per heavy atom.